The van der Waals surface area contributed by atoms with Gasteiger partial charge in [0, 0.05) is 12.1 Å². The SMILES string of the molecule is CCC1=C2[C@@H](CC/C(=C/c3cc(I)c(O)c(OC)c3)c3ccccn3)OC[C@@H]2[C@@H]2C(=O)N(c3cc(C(F)(F)F)cc(C(F)(F)F)c3)C(=O)[C@@H]2C1. The zero-order valence-corrected chi connectivity index (χ0v) is 28.9. The Labute approximate surface area is 297 Å². The summed E-state index contributed by atoms with van der Waals surface area (Å²) in [5, 5.41) is 10.3. The molecule has 50 heavy (non-hydrogen) atoms. The fourth-order valence-corrected chi connectivity index (χ4v) is 7.91. The first-order valence-corrected chi connectivity index (χ1v) is 16.9. The second-order valence-electron chi connectivity index (χ2n) is 12.4. The van der Waals surface area contributed by atoms with Crippen molar-refractivity contribution in [2.45, 2.75) is 51.1 Å². The molecule has 2 aromatic carbocycles. The Balaban J connectivity index is 1.30. The number of carbonyl (C=O) groups is 2. The standard InChI is InChI=1S/C36H31F6IN2O5/c1-3-19-13-24-31(34(48)45(33(24)47)23-15-21(35(37,38)39)14-22(16-23)36(40,41)42)25-17-50-28(30(19)25)8-7-20(27-6-4-5-9-44-27)10-18-11-26(43)32(46)29(12-18)49-2/h4-6,9-12,14-16,24-25,28,31,46H,3,7-8,13,17H2,1-2H3/b20-10-/t24-,25+,28-,31-/m1/s1. The molecule has 4 atom stereocenters. The van der Waals surface area contributed by atoms with E-state index in [0.717, 1.165) is 22.3 Å². The normalized spacial score (nSPS) is 22.7. The van der Waals surface area contributed by atoms with Gasteiger partial charge in [0.15, 0.2) is 11.5 Å². The number of nitrogens with zero attached hydrogens (tertiary/aromatic N) is 2. The number of pyridine rings is 1. The van der Waals surface area contributed by atoms with E-state index >= 15 is 0 Å². The lowest BCUT2D eigenvalue weighted by Crippen LogP contribution is -2.34. The summed E-state index contributed by atoms with van der Waals surface area (Å²) in [6, 6.07) is 9.83. The second-order valence-corrected chi connectivity index (χ2v) is 13.6. The van der Waals surface area contributed by atoms with Crippen LogP contribution in [0.2, 0.25) is 0 Å². The van der Waals surface area contributed by atoms with Gasteiger partial charge in [0.1, 0.15) is 0 Å². The van der Waals surface area contributed by atoms with E-state index in [0.29, 0.717) is 51.3 Å². The number of fused-ring (bicyclic) bond motifs is 3. The molecule has 3 aliphatic rings. The van der Waals surface area contributed by atoms with Gasteiger partial charge in [-0.05, 0) is 114 Å². The first-order valence-electron chi connectivity index (χ1n) is 15.8. The molecule has 2 fully saturated rings. The maximum absolute atomic E-state index is 13.9. The lowest BCUT2D eigenvalue weighted by atomic mass is 9.69. The number of imide groups is 1. The predicted molar refractivity (Wildman–Crippen MR) is 180 cm³/mol. The number of halogens is 7. The summed E-state index contributed by atoms with van der Waals surface area (Å²) >= 11 is 2.01. The zero-order chi connectivity index (χ0) is 36.1. The monoisotopic (exact) mass is 812 g/mol. The van der Waals surface area contributed by atoms with E-state index in [9.17, 15) is 41.0 Å². The van der Waals surface area contributed by atoms with Crippen LogP contribution in [0.3, 0.4) is 0 Å². The lowest BCUT2D eigenvalue weighted by molar-refractivity contribution is -0.143. The zero-order valence-electron chi connectivity index (χ0n) is 26.7. The lowest BCUT2D eigenvalue weighted by Gasteiger charge is -2.31. The van der Waals surface area contributed by atoms with Gasteiger partial charge in [0.25, 0.3) is 0 Å². The van der Waals surface area contributed by atoms with Crippen LogP contribution in [0.5, 0.6) is 11.5 Å². The number of allylic oxidation sites excluding steroid dienone is 2. The molecule has 0 saturated carbocycles. The predicted octanol–water partition coefficient (Wildman–Crippen LogP) is 8.69. The van der Waals surface area contributed by atoms with Gasteiger partial charge in [-0.3, -0.25) is 14.6 Å². The highest BCUT2D eigenvalue weighted by Gasteiger charge is 2.57. The number of hydrogen-bond donors (Lipinski definition) is 1. The first kappa shape index (κ1) is 35.9. The van der Waals surface area contributed by atoms with Crippen LogP contribution in [-0.4, -0.2) is 41.7 Å². The molecule has 3 heterocycles. The highest BCUT2D eigenvalue weighted by molar-refractivity contribution is 14.1. The molecule has 0 radical (unpaired) electrons. The Morgan fingerprint density at radius 3 is 2.34 bits per heavy atom. The molecule has 264 valence electrons. The average Bonchev–Trinajstić information content (AvgIpc) is 3.61. The molecular formula is C36H31F6IN2O5. The smallest absolute Gasteiger partial charge is 0.416 e. The molecule has 1 aliphatic carbocycles. The van der Waals surface area contributed by atoms with Crippen molar-refractivity contribution in [3.63, 3.8) is 0 Å². The number of ether oxygens (including phenoxy) is 2. The molecule has 2 saturated heterocycles. The maximum atomic E-state index is 13.9. The minimum absolute atomic E-state index is 0.0250. The van der Waals surface area contributed by atoms with Gasteiger partial charge in [-0.2, -0.15) is 26.3 Å². The van der Waals surface area contributed by atoms with Crippen molar-refractivity contribution in [1.29, 1.82) is 0 Å². The number of hydrogen-bond acceptors (Lipinski definition) is 6. The quantitative estimate of drug-likeness (QED) is 0.106. The van der Waals surface area contributed by atoms with Crippen LogP contribution >= 0.6 is 22.6 Å². The molecule has 6 rings (SSSR count). The Kier molecular flexibility index (Phi) is 9.80. The van der Waals surface area contributed by atoms with Crippen LogP contribution in [-0.2, 0) is 26.7 Å². The van der Waals surface area contributed by atoms with E-state index in [1.807, 2.05) is 47.7 Å². The summed E-state index contributed by atoms with van der Waals surface area (Å²) in [4.78, 5) is 32.6. The molecule has 14 heteroatoms. The number of methoxy groups -OCH3 is 1. The van der Waals surface area contributed by atoms with Crippen molar-refractivity contribution < 1.29 is 50.5 Å². The van der Waals surface area contributed by atoms with Gasteiger partial charge >= 0.3 is 12.4 Å². The van der Waals surface area contributed by atoms with E-state index < -0.39 is 64.8 Å². The fraction of sp³-hybridized carbons (Fsp3) is 0.361. The molecule has 0 spiro atoms. The summed E-state index contributed by atoms with van der Waals surface area (Å²) in [5.41, 5.74) is 0.126. The third-order valence-corrected chi connectivity index (χ3v) is 10.4. The molecule has 2 aliphatic heterocycles. The highest BCUT2D eigenvalue weighted by atomic mass is 127. The third-order valence-electron chi connectivity index (χ3n) is 9.55. The molecule has 0 unspecified atom stereocenters. The summed E-state index contributed by atoms with van der Waals surface area (Å²) < 4.78 is 94.1. The Morgan fingerprint density at radius 1 is 1.04 bits per heavy atom. The summed E-state index contributed by atoms with van der Waals surface area (Å²) in [6.07, 6.45) is -5.50. The van der Waals surface area contributed by atoms with E-state index in [4.69, 9.17) is 9.47 Å². The van der Waals surface area contributed by atoms with E-state index in [1.165, 1.54) is 7.11 Å². The van der Waals surface area contributed by atoms with Gasteiger partial charge in [-0.15, -0.1) is 0 Å². The summed E-state index contributed by atoms with van der Waals surface area (Å²) in [5.74, 6) is -3.80. The maximum Gasteiger partial charge on any atom is 0.416 e. The molecular weight excluding hydrogens is 781 g/mol. The number of rotatable bonds is 8. The molecule has 1 N–H and O–H groups in total. The van der Waals surface area contributed by atoms with Crippen molar-refractivity contribution >= 4 is 51.7 Å². The highest BCUT2D eigenvalue weighted by Crippen LogP contribution is 2.52. The first-order chi connectivity index (χ1) is 23.6. The number of phenols is 1. The number of amides is 2. The topological polar surface area (TPSA) is 89.0 Å². The van der Waals surface area contributed by atoms with Gasteiger partial charge < -0.3 is 14.6 Å². The van der Waals surface area contributed by atoms with E-state index in [1.54, 1.807) is 24.4 Å². The summed E-state index contributed by atoms with van der Waals surface area (Å²) in [6.45, 7) is 1.97. The van der Waals surface area contributed by atoms with Crippen LogP contribution in [0, 0.1) is 21.3 Å². The fourth-order valence-electron chi connectivity index (χ4n) is 7.28. The molecule has 7 nitrogen and oxygen atoms in total. The molecule has 1 aromatic heterocycles. The van der Waals surface area contributed by atoms with Crippen LogP contribution in [0.1, 0.15) is 55.0 Å². The molecule has 2 amide bonds. The number of benzene rings is 2. The van der Waals surface area contributed by atoms with Crippen LogP contribution in [0.15, 0.2) is 65.9 Å². The third kappa shape index (κ3) is 6.75. The molecule has 0 bridgehead atoms. The number of alkyl halides is 6. The minimum Gasteiger partial charge on any atom is -0.504 e. The van der Waals surface area contributed by atoms with Crippen molar-refractivity contribution in [2.24, 2.45) is 17.8 Å². The van der Waals surface area contributed by atoms with Crippen LogP contribution in [0.25, 0.3) is 11.6 Å². The Bertz CT molecular complexity index is 1860. The van der Waals surface area contributed by atoms with Crippen LogP contribution in [0.4, 0.5) is 32.0 Å². The van der Waals surface area contributed by atoms with Gasteiger partial charge in [-0.1, -0.05) is 18.6 Å². The Morgan fingerprint density at radius 2 is 1.74 bits per heavy atom. The van der Waals surface area contributed by atoms with Crippen molar-refractivity contribution in [2.75, 3.05) is 18.6 Å². The summed E-state index contributed by atoms with van der Waals surface area (Å²) in [7, 11) is 1.46. The van der Waals surface area contributed by atoms with Gasteiger partial charge in [0.05, 0.1) is 57.7 Å². The van der Waals surface area contributed by atoms with Crippen molar-refractivity contribution in [1.82, 2.24) is 4.98 Å². The number of anilines is 1. The largest absolute Gasteiger partial charge is 0.504 e. The van der Waals surface area contributed by atoms with E-state index in [2.05, 4.69) is 4.98 Å². The minimum atomic E-state index is -5.14. The van der Waals surface area contributed by atoms with Crippen molar-refractivity contribution in [3.8, 4) is 11.5 Å². The average molecular weight is 813 g/mol. The van der Waals surface area contributed by atoms with Gasteiger partial charge in [-0.25, -0.2) is 4.90 Å². The van der Waals surface area contributed by atoms with Gasteiger partial charge in [0.2, 0.25) is 11.8 Å². The number of carbonyl (C=O) groups excluding carboxylic acids is 2. The van der Waals surface area contributed by atoms with E-state index in [-0.39, 0.29) is 24.8 Å². The number of aromatic hydroxyl groups is 1. The molecule has 3 aromatic rings. The Hall–Kier alpha value is -3.92. The number of phenolic OH excluding ortho intramolecular Hbond substituents is 1. The number of aromatic nitrogens is 1. The van der Waals surface area contributed by atoms with Crippen molar-refractivity contribution in [3.05, 3.63) is 91.8 Å². The van der Waals surface area contributed by atoms with Crippen LogP contribution < -0.4 is 9.64 Å². The second kappa shape index (κ2) is 13.7.